The molecule has 3 aromatic carbocycles. The average molecular weight is 431 g/mol. The predicted molar refractivity (Wildman–Crippen MR) is 128 cm³/mol. The van der Waals surface area contributed by atoms with E-state index in [2.05, 4.69) is 5.32 Å². The summed E-state index contributed by atoms with van der Waals surface area (Å²) in [5.41, 5.74) is 4.88. The molecule has 0 radical (unpaired) electrons. The third kappa shape index (κ3) is 4.67. The summed E-state index contributed by atoms with van der Waals surface area (Å²) in [6.07, 6.45) is 0.736. The van der Waals surface area contributed by atoms with E-state index in [0.29, 0.717) is 5.75 Å². The fraction of sp³-hybridized carbons (Fsp3) is 0.231. The standard InChI is InChI=1S/C26H26N2O2S/c1-3-23(19-9-5-4-6-10-19)25(30)27-21-14-12-20(13-15-21)26-28(24(29)17-31-26)22-11-7-8-18(2)16-22/h4-16,23,26H,3,17H2,1-2H3,(H,27,30)/t23-,26-/m0/s1. The molecule has 1 saturated heterocycles. The maximum atomic E-state index is 12.8. The van der Waals surface area contributed by atoms with Crippen molar-refractivity contribution in [3.05, 3.63) is 95.6 Å². The van der Waals surface area contributed by atoms with Gasteiger partial charge in [0.1, 0.15) is 5.37 Å². The maximum Gasteiger partial charge on any atom is 0.238 e. The van der Waals surface area contributed by atoms with Crippen molar-refractivity contribution in [2.75, 3.05) is 16.0 Å². The summed E-state index contributed by atoms with van der Waals surface area (Å²) in [6, 6.07) is 25.7. The lowest BCUT2D eigenvalue weighted by atomic mass is 9.95. The molecule has 3 aromatic rings. The van der Waals surface area contributed by atoms with E-state index in [1.165, 1.54) is 0 Å². The van der Waals surface area contributed by atoms with Crippen LogP contribution >= 0.6 is 11.8 Å². The van der Waals surface area contributed by atoms with Crippen molar-refractivity contribution in [2.45, 2.75) is 31.6 Å². The van der Waals surface area contributed by atoms with Crippen molar-refractivity contribution in [1.29, 1.82) is 0 Å². The number of thioether (sulfide) groups is 1. The summed E-state index contributed by atoms with van der Waals surface area (Å²) in [5, 5.41) is 2.98. The Kier molecular flexibility index (Phi) is 6.42. The molecule has 2 amide bonds. The number of hydrogen-bond acceptors (Lipinski definition) is 3. The highest BCUT2D eigenvalue weighted by atomic mass is 32.2. The van der Waals surface area contributed by atoms with Crippen molar-refractivity contribution >= 4 is 35.0 Å². The maximum absolute atomic E-state index is 12.8. The van der Waals surface area contributed by atoms with Crippen molar-refractivity contribution in [2.24, 2.45) is 0 Å². The summed E-state index contributed by atoms with van der Waals surface area (Å²) in [7, 11) is 0. The van der Waals surface area contributed by atoms with Crippen molar-refractivity contribution in [3.63, 3.8) is 0 Å². The quantitative estimate of drug-likeness (QED) is 0.529. The molecule has 1 fully saturated rings. The molecule has 0 spiro atoms. The van der Waals surface area contributed by atoms with Gasteiger partial charge in [-0.15, -0.1) is 11.8 Å². The number of carbonyl (C=O) groups is 2. The lowest BCUT2D eigenvalue weighted by Gasteiger charge is -2.25. The first-order valence-corrected chi connectivity index (χ1v) is 11.6. The van der Waals surface area contributed by atoms with E-state index in [9.17, 15) is 9.59 Å². The second-order valence-electron chi connectivity index (χ2n) is 7.75. The Morgan fingerprint density at radius 3 is 2.48 bits per heavy atom. The van der Waals surface area contributed by atoms with Crippen LogP contribution in [0.1, 0.15) is 41.3 Å². The minimum absolute atomic E-state index is 0.00624. The van der Waals surface area contributed by atoms with Crippen LogP contribution in [0.2, 0.25) is 0 Å². The number of nitrogens with zero attached hydrogens (tertiary/aromatic N) is 1. The number of aryl methyl sites for hydroxylation is 1. The van der Waals surface area contributed by atoms with E-state index in [1.54, 1.807) is 11.8 Å². The highest BCUT2D eigenvalue weighted by Crippen LogP contribution is 2.42. The zero-order valence-electron chi connectivity index (χ0n) is 17.7. The van der Waals surface area contributed by atoms with E-state index in [0.717, 1.165) is 34.5 Å². The number of carbonyl (C=O) groups excluding carboxylic acids is 2. The highest BCUT2D eigenvalue weighted by molar-refractivity contribution is 8.00. The normalized spacial score (nSPS) is 16.9. The number of amides is 2. The molecule has 0 bridgehead atoms. The second-order valence-corrected chi connectivity index (χ2v) is 8.82. The van der Waals surface area contributed by atoms with Gasteiger partial charge in [0.2, 0.25) is 11.8 Å². The lowest BCUT2D eigenvalue weighted by molar-refractivity contribution is -0.118. The topological polar surface area (TPSA) is 49.4 Å². The molecule has 0 saturated carbocycles. The van der Waals surface area contributed by atoms with Crippen LogP contribution < -0.4 is 10.2 Å². The van der Waals surface area contributed by atoms with Crippen LogP contribution in [0.3, 0.4) is 0 Å². The number of benzene rings is 3. The second kappa shape index (κ2) is 9.40. The van der Waals surface area contributed by atoms with Gasteiger partial charge >= 0.3 is 0 Å². The molecule has 1 aliphatic rings. The van der Waals surface area contributed by atoms with Gasteiger partial charge < -0.3 is 5.32 Å². The van der Waals surface area contributed by atoms with Crippen LogP contribution in [0.5, 0.6) is 0 Å². The third-order valence-electron chi connectivity index (χ3n) is 5.54. The average Bonchev–Trinajstić information content (AvgIpc) is 3.17. The van der Waals surface area contributed by atoms with E-state index in [4.69, 9.17) is 0 Å². The minimum atomic E-state index is -0.180. The smallest absolute Gasteiger partial charge is 0.238 e. The Morgan fingerprint density at radius 2 is 1.81 bits per heavy atom. The number of nitrogens with one attached hydrogen (secondary N) is 1. The van der Waals surface area contributed by atoms with E-state index in [-0.39, 0.29) is 23.1 Å². The molecule has 0 unspecified atom stereocenters. The third-order valence-corrected chi connectivity index (χ3v) is 6.75. The fourth-order valence-electron chi connectivity index (χ4n) is 3.95. The molecule has 4 nitrogen and oxygen atoms in total. The van der Waals surface area contributed by atoms with Gasteiger partial charge in [-0.25, -0.2) is 0 Å². The SMILES string of the molecule is CC[C@H](C(=O)Nc1ccc([C@@H]2SCC(=O)N2c2cccc(C)c2)cc1)c1ccccc1. The molecule has 0 aliphatic carbocycles. The number of anilines is 2. The summed E-state index contributed by atoms with van der Waals surface area (Å²) < 4.78 is 0. The number of rotatable bonds is 6. The molecule has 0 aromatic heterocycles. The number of hydrogen-bond donors (Lipinski definition) is 1. The van der Waals surface area contributed by atoms with E-state index in [1.807, 2.05) is 97.6 Å². The molecule has 1 N–H and O–H groups in total. The van der Waals surface area contributed by atoms with Gasteiger partial charge in [0.25, 0.3) is 0 Å². The molecular formula is C26H26N2O2S. The molecule has 158 valence electrons. The van der Waals surface area contributed by atoms with Crippen LogP contribution in [-0.2, 0) is 9.59 Å². The van der Waals surface area contributed by atoms with E-state index < -0.39 is 0 Å². The van der Waals surface area contributed by atoms with Crippen molar-refractivity contribution < 1.29 is 9.59 Å². The molecular weight excluding hydrogens is 404 g/mol. The van der Waals surface area contributed by atoms with Gasteiger partial charge in [-0.1, -0.05) is 61.5 Å². The van der Waals surface area contributed by atoms with Gasteiger partial charge in [-0.3, -0.25) is 14.5 Å². The van der Waals surface area contributed by atoms with Gasteiger partial charge in [0.05, 0.1) is 11.7 Å². The van der Waals surface area contributed by atoms with Crippen molar-refractivity contribution in [3.8, 4) is 0 Å². The van der Waals surface area contributed by atoms with Crippen LogP contribution in [0.4, 0.5) is 11.4 Å². The molecule has 5 heteroatoms. The Balaban J connectivity index is 1.50. The van der Waals surface area contributed by atoms with Gasteiger partial charge in [0.15, 0.2) is 0 Å². The zero-order chi connectivity index (χ0) is 21.8. The van der Waals surface area contributed by atoms with Crippen LogP contribution in [0.15, 0.2) is 78.9 Å². The molecule has 4 rings (SSSR count). The summed E-state index contributed by atoms with van der Waals surface area (Å²) in [5.74, 6) is 0.396. The Hall–Kier alpha value is -3.05. The Labute approximate surface area is 187 Å². The highest BCUT2D eigenvalue weighted by Gasteiger charge is 2.34. The molecule has 31 heavy (non-hydrogen) atoms. The van der Waals surface area contributed by atoms with Crippen LogP contribution in [-0.4, -0.2) is 17.6 Å². The molecule has 2 atom stereocenters. The van der Waals surface area contributed by atoms with E-state index >= 15 is 0 Å². The Morgan fingerprint density at radius 1 is 1.06 bits per heavy atom. The first-order valence-electron chi connectivity index (χ1n) is 10.5. The molecule has 1 aliphatic heterocycles. The monoisotopic (exact) mass is 430 g/mol. The van der Waals surface area contributed by atoms with Crippen LogP contribution in [0.25, 0.3) is 0 Å². The summed E-state index contributed by atoms with van der Waals surface area (Å²) >= 11 is 1.63. The van der Waals surface area contributed by atoms with Crippen molar-refractivity contribution in [1.82, 2.24) is 0 Å². The Bertz CT molecular complexity index is 1070. The first kappa shape index (κ1) is 21.2. The van der Waals surface area contributed by atoms with Gasteiger partial charge in [-0.2, -0.15) is 0 Å². The predicted octanol–water partition coefficient (Wildman–Crippen LogP) is 5.91. The largest absolute Gasteiger partial charge is 0.326 e. The lowest BCUT2D eigenvalue weighted by Crippen LogP contribution is -2.27. The molecule has 1 heterocycles. The first-order chi connectivity index (χ1) is 15.1. The fourth-order valence-corrected chi connectivity index (χ4v) is 5.12. The summed E-state index contributed by atoms with van der Waals surface area (Å²) in [4.78, 5) is 27.3. The van der Waals surface area contributed by atoms with Gasteiger partial charge in [0, 0.05) is 11.4 Å². The van der Waals surface area contributed by atoms with Gasteiger partial charge in [-0.05, 0) is 54.3 Å². The minimum Gasteiger partial charge on any atom is -0.326 e. The van der Waals surface area contributed by atoms with Crippen LogP contribution in [0, 0.1) is 6.92 Å². The zero-order valence-corrected chi connectivity index (χ0v) is 18.6. The summed E-state index contributed by atoms with van der Waals surface area (Å²) in [6.45, 7) is 4.05.